The van der Waals surface area contributed by atoms with E-state index in [0.29, 0.717) is 0 Å². The van der Waals surface area contributed by atoms with Crippen molar-refractivity contribution < 1.29 is 0 Å². The summed E-state index contributed by atoms with van der Waals surface area (Å²) in [5.74, 6) is 0.931. The summed E-state index contributed by atoms with van der Waals surface area (Å²) in [5.41, 5.74) is 0. The molecule has 0 spiro atoms. The number of nitrogens with zero attached hydrogens (tertiary/aromatic N) is 2. The minimum atomic E-state index is 0.825. The summed E-state index contributed by atoms with van der Waals surface area (Å²) < 4.78 is 0. The summed E-state index contributed by atoms with van der Waals surface area (Å²) in [6.07, 6.45) is 2.73. The Hall–Kier alpha value is -1.46. The van der Waals surface area contributed by atoms with Gasteiger partial charge in [0, 0.05) is 14.6 Å². The fourth-order valence-corrected chi connectivity index (χ4v) is 3.74. The van der Waals surface area contributed by atoms with Crippen molar-refractivity contribution >= 4 is 38.7 Å². The molecule has 0 amide bonds. The van der Waals surface area contributed by atoms with Gasteiger partial charge in [-0.3, -0.25) is 0 Å². The highest BCUT2D eigenvalue weighted by atomic mass is 32.1. The summed E-state index contributed by atoms with van der Waals surface area (Å²) in [7, 11) is 0. The van der Waals surface area contributed by atoms with E-state index in [1.54, 1.807) is 17.7 Å². The number of nitrogens with one attached hydrogen (secondary N) is 1. The normalized spacial score (nSPS) is 11.1. The number of thiophene rings is 2. The van der Waals surface area contributed by atoms with Crippen molar-refractivity contribution in [2.75, 3.05) is 5.32 Å². The molecule has 19 heavy (non-hydrogen) atoms. The number of anilines is 1. The molecule has 0 radical (unpaired) electrons. The van der Waals surface area contributed by atoms with E-state index >= 15 is 0 Å². The molecular weight excluding hydrogens is 274 g/mol. The predicted molar refractivity (Wildman–Crippen MR) is 83.2 cm³/mol. The molecule has 3 aromatic rings. The Labute approximate surface area is 120 Å². The lowest BCUT2D eigenvalue weighted by Gasteiger charge is -2.04. The van der Waals surface area contributed by atoms with Gasteiger partial charge in [0.1, 0.15) is 17.0 Å². The number of hydrogen-bond acceptors (Lipinski definition) is 5. The molecule has 0 aliphatic carbocycles. The Kier molecular flexibility index (Phi) is 3.48. The van der Waals surface area contributed by atoms with Crippen LogP contribution in [0.3, 0.4) is 0 Å². The molecule has 3 heterocycles. The van der Waals surface area contributed by atoms with Crippen molar-refractivity contribution in [3.8, 4) is 0 Å². The first-order valence-electron chi connectivity index (χ1n) is 6.29. The lowest BCUT2D eigenvalue weighted by Crippen LogP contribution is -2.00. The second kappa shape index (κ2) is 5.27. The van der Waals surface area contributed by atoms with Crippen LogP contribution in [-0.2, 0) is 13.0 Å². The maximum Gasteiger partial charge on any atom is 0.138 e. The average molecular weight is 289 g/mol. The van der Waals surface area contributed by atoms with Crippen LogP contribution < -0.4 is 5.32 Å². The van der Waals surface area contributed by atoms with Crippen LogP contribution >= 0.6 is 22.7 Å². The van der Waals surface area contributed by atoms with Gasteiger partial charge in [-0.15, -0.1) is 22.7 Å². The molecule has 0 bridgehead atoms. The van der Waals surface area contributed by atoms with Crippen LogP contribution in [0.4, 0.5) is 5.82 Å². The molecule has 98 valence electrons. The highest BCUT2D eigenvalue weighted by Crippen LogP contribution is 2.28. The Balaban J connectivity index is 1.81. The number of rotatable bonds is 4. The molecule has 0 saturated heterocycles. The van der Waals surface area contributed by atoms with Crippen LogP contribution in [0.5, 0.6) is 0 Å². The van der Waals surface area contributed by atoms with E-state index in [1.807, 2.05) is 11.3 Å². The van der Waals surface area contributed by atoms with Gasteiger partial charge < -0.3 is 5.32 Å². The van der Waals surface area contributed by atoms with E-state index in [-0.39, 0.29) is 0 Å². The van der Waals surface area contributed by atoms with Gasteiger partial charge in [0.05, 0.1) is 11.9 Å². The van der Waals surface area contributed by atoms with Gasteiger partial charge in [-0.25, -0.2) is 9.97 Å². The molecule has 1 N–H and O–H groups in total. The molecular formula is C14H15N3S2. The Morgan fingerprint density at radius 2 is 2.00 bits per heavy atom. The summed E-state index contributed by atoms with van der Waals surface area (Å²) in [6.45, 7) is 5.11. The smallest absolute Gasteiger partial charge is 0.138 e. The number of aromatic nitrogens is 2. The second-order valence-electron chi connectivity index (χ2n) is 4.37. The lowest BCUT2D eigenvalue weighted by molar-refractivity contribution is 1.13. The largest absolute Gasteiger partial charge is 0.365 e. The van der Waals surface area contributed by atoms with E-state index in [4.69, 9.17) is 0 Å². The van der Waals surface area contributed by atoms with E-state index in [0.717, 1.165) is 29.0 Å². The Morgan fingerprint density at radius 1 is 1.16 bits per heavy atom. The third-order valence-corrected chi connectivity index (χ3v) is 5.14. The zero-order chi connectivity index (χ0) is 13.2. The van der Waals surface area contributed by atoms with E-state index in [9.17, 15) is 0 Å². The summed E-state index contributed by atoms with van der Waals surface area (Å²) >= 11 is 3.57. The molecule has 0 fully saturated rings. The van der Waals surface area contributed by atoms with Crippen molar-refractivity contribution in [2.45, 2.75) is 26.8 Å². The third-order valence-electron chi connectivity index (χ3n) is 2.95. The number of fused-ring (bicyclic) bond motifs is 1. The third kappa shape index (κ3) is 2.62. The Morgan fingerprint density at radius 3 is 2.79 bits per heavy atom. The van der Waals surface area contributed by atoms with Crippen LogP contribution in [0.2, 0.25) is 0 Å². The zero-order valence-corrected chi connectivity index (χ0v) is 12.6. The fraction of sp³-hybridized carbons (Fsp3) is 0.286. The van der Waals surface area contributed by atoms with E-state index < -0.39 is 0 Å². The topological polar surface area (TPSA) is 37.8 Å². The number of aryl methyl sites for hydroxylation is 2. The quantitative estimate of drug-likeness (QED) is 0.781. The summed E-state index contributed by atoms with van der Waals surface area (Å²) in [4.78, 5) is 13.7. The molecule has 0 atom stereocenters. The van der Waals surface area contributed by atoms with Gasteiger partial charge in [0.2, 0.25) is 0 Å². The van der Waals surface area contributed by atoms with Crippen LogP contribution in [0.15, 0.2) is 24.5 Å². The van der Waals surface area contributed by atoms with Gasteiger partial charge in [-0.2, -0.15) is 0 Å². The first-order chi connectivity index (χ1) is 9.26. The molecule has 0 aliphatic rings. The van der Waals surface area contributed by atoms with Gasteiger partial charge in [-0.1, -0.05) is 6.92 Å². The van der Waals surface area contributed by atoms with Crippen LogP contribution in [-0.4, -0.2) is 9.97 Å². The molecule has 0 aromatic carbocycles. The lowest BCUT2D eigenvalue weighted by atomic mass is 10.3. The average Bonchev–Trinajstić information content (AvgIpc) is 3.01. The van der Waals surface area contributed by atoms with Crippen molar-refractivity contribution in [1.82, 2.24) is 9.97 Å². The molecule has 3 nitrogen and oxygen atoms in total. The molecule has 0 aliphatic heterocycles. The van der Waals surface area contributed by atoms with Crippen LogP contribution in [0.25, 0.3) is 10.2 Å². The second-order valence-corrected chi connectivity index (χ2v) is 6.86. The van der Waals surface area contributed by atoms with Gasteiger partial charge in [0.25, 0.3) is 0 Å². The van der Waals surface area contributed by atoms with Gasteiger partial charge in [0.15, 0.2) is 0 Å². The van der Waals surface area contributed by atoms with E-state index in [1.165, 1.54) is 14.6 Å². The van der Waals surface area contributed by atoms with Gasteiger partial charge in [-0.05, 0) is 31.5 Å². The first kappa shape index (κ1) is 12.6. The van der Waals surface area contributed by atoms with Crippen molar-refractivity contribution in [1.29, 1.82) is 0 Å². The summed E-state index contributed by atoms with van der Waals surface area (Å²) in [6, 6.07) is 6.54. The maximum atomic E-state index is 4.35. The van der Waals surface area contributed by atoms with Crippen molar-refractivity contribution in [3.05, 3.63) is 39.2 Å². The van der Waals surface area contributed by atoms with Crippen molar-refractivity contribution in [3.63, 3.8) is 0 Å². The van der Waals surface area contributed by atoms with Crippen molar-refractivity contribution in [2.24, 2.45) is 0 Å². The predicted octanol–water partition coefficient (Wildman–Crippen LogP) is 4.24. The molecule has 5 heteroatoms. The minimum absolute atomic E-state index is 0.825. The molecule has 0 saturated carbocycles. The highest BCUT2D eigenvalue weighted by molar-refractivity contribution is 7.18. The SMILES string of the molecule is CCc1ccc(CNc2ncnc3sc(C)cc23)s1. The standard InChI is InChI=1S/C14H15N3S2/c1-3-10-4-5-11(19-10)7-15-13-12-6-9(2)18-14(12)17-8-16-13/h4-6,8H,3,7H2,1-2H3,(H,15,16,17). The molecule has 3 aromatic heterocycles. The van der Waals surface area contributed by atoms with Gasteiger partial charge >= 0.3 is 0 Å². The Bertz CT molecular complexity index is 700. The highest BCUT2D eigenvalue weighted by Gasteiger charge is 2.07. The first-order valence-corrected chi connectivity index (χ1v) is 7.92. The van der Waals surface area contributed by atoms with Crippen LogP contribution in [0, 0.1) is 6.92 Å². The fourth-order valence-electron chi connectivity index (χ4n) is 2.00. The number of hydrogen-bond donors (Lipinski definition) is 1. The monoisotopic (exact) mass is 289 g/mol. The molecule has 3 rings (SSSR count). The van der Waals surface area contributed by atoms with E-state index in [2.05, 4.69) is 47.3 Å². The summed E-state index contributed by atoms with van der Waals surface area (Å²) in [5, 5.41) is 4.54. The zero-order valence-electron chi connectivity index (χ0n) is 10.9. The minimum Gasteiger partial charge on any atom is -0.365 e. The maximum absolute atomic E-state index is 4.35. The molecule has 0 unspecified atom stereocenters. The van der Waals surface area contributed by atoms with Crippen LogP contribution in [0.1, 0.15) is 21.6 Å².